The topological polar surface area (TPSA) is 26.0 Å². The van der Waals surface area contributed by atoms with Crippen LogP contribution in [0.15, 0.2) is 0 Å². The minimum Gasteiger partial charge on any atom is -0.327 e. The smallest absolute Gasteiger partial charge is 0.00959 e. The maximum Gasteiger partial charge on any atom is 0.00959 e. The van der Waals surface area contributed by atoms with Gasteiger partial charge in [0.2, 0.25) is 0 Å². The highest BCUT2D eigenvalue weighted by Crippen LogP contribution is 2.39. The Morgan fingerprint density at radius 2 is 1.35 bits per heavy atom. The highest BCUT2D eigenvalue weighted by Gasteiger charge is 2.33. The molecule has 0 spiro atoms. The lowest BCUT2D eigenvalue weighted by molar-refractivity contribution is 0.135. The van der Waals surface area contributed by atoms with Crippen molar-refractivity contribution in [3.05, 3.63) is 0 Å². The van der Waals surface area contributed by atoms with E-state index in [1.807, 2.05) is 0 Å². The second-order valence-electron chi connectivity index (χ2n) is 7.29. The molecule has 0 aromatic heterocycles. The van der Waals surface area contributed by atoms with Gasteiger partial charge in [-0.2, -0.15) is 0 Å². The fourth-order valence-corrected chi connectivity index (χ4v) is 4.54. The first-order chi connectivity index (χ1) is 8.06. The van der Waals surface area contributed by atoms with Crippen LogP contribution in [0.25, 0.3) is 0 Å². The van der Waals surface area contributed by atoms with E-state index in [0.717, 1.165) is 29.6 Å². The standard InChI is InChI=1S/C16H31N/c1-11-5-4-6-14(8-11)16(17)15-9-12(2)7-13(3)10-15/h11-16H,4-10,17H2,1-3H3. The van der Waals surface area contributed by atoms with Crippen LogP contribution < -0.4 is 5.73 Å². The van der Waals surface area contributed by atoms with Crippen molar-refractivity contribution >= 4 is 0 Å². The minimum absolute atomic E-state index is 0.489. The SMILES string of the molecule is CC1CCCC(C(N)C2CC(C)CC(C)C2)C1. The van der Waals surface area contributed by atoms with Crippen molar-refractivity contribution in [2.24, 2.45) is 35.3 Å². The van der Waals surface area contributed by atoms with Crippen molar-refractivity contribution in [2.75, 3.05) is 0 Å². The monoisotopic (exact) mass is 237 g/mol. The Kier molecular flexibility index (Phi) is 4.52. The van der Waals surface area contributed by atoms with Gasteiger partial charge >= 0.3 is 0 Å². The molecule has 2 aliphatic carbocycles. The second-order valence-corrected chi connectivity index (χ2v) is 7.29. The van der Waals surface area contributed by atoms with Crippen molar-refractivity contribution in [3.63, 3.8) is 0 Å². The molecular formula is C16H31N. The summed E-state index contributed by atoms with van der Waals surface area (Å²) >= 11 is 0. The maximum atomic E-state index is 6.61. The zero-order valence-corrected chi connectivity index (χ0v) is 12.0. The molecular weight excluding hydrogens is 206 g/mol. The summed E-state index contributed by atoms with van der Waals surface area (Å²) in [5.74, 6) is 4.34. The largest absolute Gasteiger partial charge is 0.327 e. The van der Waals surface area contributed by atoms with E-state index in [4.69, 9.17) is 5.73 Å². The predicted octanol–water partition coefficient (Wildman–Crippen LogP) is 4.21. The third kappa shape index (κ3) is 3.47. The molecule has 2 N–H and O–H groups in total. The zero-order valence-electron chi connectivity index (χ0n) is 12.0. The van der Waals surface area contributed by atoms with E-state index in [0.29, 0.717) is 6.04 Å². The van der Waals surface area contributed by atoms with Crippen molar-refractivity contribution in [2.45, 2.75) is 71.8 Å². The van der Waals surface area contributed by atoms with Gasteiger partial charge in [-0.05, 0) is 61.7 Å². The summed E-state index contributed by atoms with van der Waals surface area (Å²) in [5.41, 5.74) is 6.61. The van der Waals surface area contributed by atoms with Gasteiger partial charge in [0, 0.05) is 6.04 Å². The van der Waals surface area contributed by atoms with Gasteiger partial charge in [0.05, 0.1) is 0 Å². The lowest BCUT2D eigenvalue weighted by atomic mass is 9.68. The molecule has 0 amide bonds. The quantitative estimate of drug-likeness (QED) is 0.765. The van der Waals surface area contributed by atoms with E-state index in [9.17, 15) is 0 Å². The van der Waals surface area contributed by atoms with E-state index in [1.54, 1.807) is 0 Å². The average Bonchev–Trinajstić information content (AvgIpc) is 2.26. The van der Waals surface area contributed by atoms with Crippen LogP contribution in [0.3, 0.4) is 0 Å². The Bertz CT molecular complexity index is 228. The Morgan fingerprint density at radius 1 is 0.765 bits per heavy atom. The third-order valence-corrected chi connectivity index (χ3v) is 5.28. The van der Waals surface area contributed by atoms with E-state index >= 15 is 0 Å². The zero-order chi connectivity index (χ0) is 12.4. The van der Waals surface area contributed by atoms with Crippen LogP contribution in [0.1, 0.15) is 65.7 Å². The lowest BCUT2D eigenvalue weighted by Crippen LogP contribution is -2.42. The number of hydrogen-bond donors (Lipinski definition) is 1. The van der Waals surface area contributed by atoms with Crippen molar-refractivity contribution < 1.29 is 0 Å². The molecule has 2 aliphatic rings. The van der Waals surface area contributed by atoms with Crippen LogP contribution in [0, 0.1) is 29.6 Å². The van der Waals surface area contributed by atoms with Crippen LogP contribution in [0.4, 0.5) is 0 Å². The molecule has 0 aromatic rings. The summed E-state index contributed by atoms with van der Waals surface area (Å²) in [5, 5.41) is 0. The number of nitrogens with two attached hydrogens (primary N) is 1. The summed E-state index contributed by atoms with van der Waals surface area (Å²) in [6.45, 7) is 7.24. The van der Waals surface area contributed by atoms with Crippen molar-refractivity contribution in [3.8, 4) is 0 Å². The Labute approximate surface area is 108 Å². The van der Waals surface area contributed by atoms with Crippen LogP contribution in [0.2, 0.25) is 0 Å². The summed E-state index contributed by atoms with van der Waals surface area (Å²) < 4.78 is 0. The molecule has 5 atom stereocenters. The summed E-state index contributed by atoms with van der Waals surface area (Å²) in [4.78, 5) is 0. The Morgan fingerprint density at radius 3 is 1.94 bits per heavy atom. The molecule has 0 aromatic carbocycles. The van der Waals surface area contributed by atoms with Gasteiger partial charge in [-0.15, -0.1) is 0 Å². The second kappa shape index (κ2) is 5.73. The fourth-order valence-electron chi connectivity index (χ4n) is 4.54. The van der Waals surface area contributed by atoms with E-state index in [1.165, 1.54) is 44.9 Å². The van der Waals surface area contributed by atoms with Crippen LogP contribution in [0.5, 0.6) is 0 Å². The molecule has 0 radical (unpaired) electrons. The molecule has 0 aliphatic heterocycles. The molecule has 1 nitrogen and oxygen atoms in total. The molecule has 2 rings (SSSR count). The van der Waals surface area contributed by atoms with E-state index < -0.39 is 0 Å². The van der Waals surface area contributed by atoms with E-state index in [2.05, 4.69) is 20.8 Å². The first-order valence-corrected chi connectivity index (χ1v) is 7.81. The molecule has 2 fully saturated rings. The van der Waals surface area contributed by atoms with Crippen LogP contribution in [-0.4, -0.2) is 6.04 Å². The van der Waals surface area contributed by atoms with Gasteiger partial charge in [-0.3, -0.25) is 0 Å². The molecule has 0 heterocycles. The van der Waals surface area contributed by atoms with Crippen molar-refractivity contribution in [1.82, 2.24) is 0 Å². The van der Waals surface area contributed by atoms with Crippen LogP contribution in [-0.2, 0) is 0 Å². The molecule has 100 valence electrons. The molecule has 2 saturated carbocycles. The highest BCUT2D eigenvalue weighted by molar-refractivity contribution is 4.88. The van der Waals surface area contributed by atoms with Gasteiger partial charge in [-0.1, -0.05) is 33.6 Å². The van der Waals surface area contributed by atoms with Crippen LogP contribution >= 0.6 is 0 Å². The van der Waals surface area contributed by atoms with Crippen molar-refractivity contribution in [1.29, 1.82) is 0 Å². The molecule has 0 bridgehead atoms. The molecule has 5 unspecified atom stereocenters. The Balaban J connectivity index is 1.91. The molecule has 0 saturated heterocycles. The minimum atomic E-state index is 0.489. The molecule has 17 heavy (non-hydrogen) atoms. The Hall–Kier alpha value is -0.0400. The first-order valence-electron chi connectivity index (χ1n) is 7.81. The average molecular weight is 237 g/mol. The number of rotatable bonds is 2. The van der Waals surface area contributed by atoms with E-state index in [-0.39, 0.29) is 0 Å². The van der Waals surface area contributed by atoms with Gasteiger partial charge in [0.15, 0.2) is 0 Å². The summed E-state index contributed by atoms with van der Waals surface area (Å²) in [6, 6.07) is 0.489. The van der Waals surface area contributed by atoms with Gasteiger partial charge in [-0.25, -0.2) is 0 Å². The molecule has 1 heteroatoms. The number of hydrogen-bond acceptors (Lipinski definition) is 1. The summed E-state index contributed by atoms with van der Waals surface area (Å²) in [7, 11) is 0. The predicted molar refractivity (Wildman–Crippen MR) is 74.8 cm³/mol. The summed E-state index contributed by atoms with van der Waals surface area (Å²) in [6.07, 6.45) is 9.82. The first kappa shape index (κ1) is 13.4. The third-order valence-electron chi connectivity index (χ3n) is 5.28. The van der Waals surface area contributed by atoms with Gasteiger partial charge in [0.1, 0.15) is 0 Å². The lowest BCUT2D eigenvalue weighted by Gasteiger charge is -2.40. The van der Waals surface area contributed by atoms with Gasteiger partial charge < -0.3 is 5.73 Å². The highest BCUT2D eigenvalue weighted by atomic mass is 14.7. The van der Waals surface area contributed by atoms with Gasteiger partial charge in [0.25, 0.3) is 0 Å². The fraction of sp³-hybridized carbons (Fsp3) is 1.00. The normalized spacial score (nSPS) is 45.5. The maximum absolute atomic E-state index is 6.61.